The van der Waals surface area contributed by atoms with Gasteiger partial charge in [0.2, 0.25) is 5.91 Å². The molecule has 1 aliphatic heterocycles. The third kappa shape index (κ3) is 3.20. The van der Waals surface area contributed by atoms with E-state index in [1.807, 2.05) is 65.0 Å². The van der Waals surface area contributed by atoms with Crippen molar-refractivity contribution in [2.75, 3.05) is 11.4 Å². The molecule has 2 aliphatic rings. The number of carbonyl (C=O) groups is 1. The molecule has 0 bridgehead atoms. The lowest BCUT2D eigenvalue weighted by Crippen LogP contribution is -2.43. The molecule has 1 amide bonds. The van der Waals surface area contributed by atoms with Crippen molar-refractivity contribution in [3.05, 3.63) is 60.3 Å². The van der Waals surface area contributed by atoms with E-state index in [9.17, 15) is 4.79 Å². The Labute approximate surface area is 170 Å². The van der Waals surface area contributed by atoms with Crippen molar-refractivity contribution >= 4 is 11.7 Å². The minimum Gasteiger partial charge on any atom is -0.457 e. The number of nitrogens with zero attached hydrogens (tertiary/aromatic N) is 3. The van der Waals surface area contributed by atoms with Crippen molar-refractivity contribution in [3.63, 3.8) is 0 Å². The highest BCUT2D eigenvalue weighted by Gasteiger charge is 2.35. The molecule has 0 spiro atoms. The summed E-state index contributed by atoms with van der Waals surface area (Å²) in [6.07, 6.45) is 4.11. The summed E-state index contributed by atoms with van der Waals surface area (Å²) in [5.74, 6) is 2.91. The van der Waals surface area contributed by atoms with Crippen LogP contribution in [-0.2, 0) is 11.3 Å². The highest BCUT2D eigenvalue weighted by Crippen LogP contribution is 2.43. The Hall–Kier alpha value is -3.08. The van der Waals surface area contributed by atoms with Crippen LogP contribution >= 0.6 is 0 Å². The van der Waals surface area contributed by atoms with Crippen LogP contribution in [-0.4, -0.2) is 22.2 Å². The fourth-order valence-electron chi connectivity index (χ4n) is 4.27. The Kier molecular flexibility index (Phi) is 4.58. The number of fused-ring (bicyclic) bond motifs is 1. The molecule has 0 atom stereocenters. The molecular formula is C24H25N3O2. The van der Waals surface area contributed by atoms with E-state index in [1.54, 1.807) is 0 Å². The summed E-state index contributed by atoms with van der Waals surface area (Å²) in [7, 11) is 0. The van der Waals surface area contributed by atoms with Gasteiger partial charge in [0.05, 0.1) is 11.3 Å². The van der Waals surface area contributed by atoms with Gasteiger partial charge in [0, 0.05) is 24.6 Å². The molecule has 0 radical (unpaired) electrons. The van der Waals surface area contributed by atoms with Crippen molar-refractivity contribution in [2.45, 2.75) is 39.2 Å². The zero-order valence-electron chi connectivity index (χ0n) is 16.7. The number of hydrogen-bond acceptors (Lipinski definition) is 3. The first-order valence-electron chi connectivity index (χ1n) is 10.4. The second-order valence-corrected chi connectivity index (χ2v) is 7.89. The van der Waals surface area contributed by atoms with Crippen molar-refractivity contribution < 1.29 is 9.53 Å². The SMILES string of the molecule is Cc1nn2c(c1-c1ccccc1Oc1ccccc1)N(C(=O)C1CCC1)CCC2. The smallest absolute Gasteiger partial charge is 0.231 e. The number of amides is 1. The molecule has 1 aliphatic carbocycles. The molecule has 0 N–H and O–H groups in total. The third-order valence-electron chi connectivity index (χ3n) is 5.96. The molecule has 148 valence electrons. The lowest BCUT2D eigenvalue weighted by atomic mass is 9.84. The molecule has 5 nitrogen and oxygen atoms in total. The number of carbonyl (C=O) groups excluding carboxylic acids is 1. The zero-order valence-corrected chi connectivity index (χ0v) is 16.7. The van der Waals surface area contributed by atoms with Gasteiger partial charge < -0.3 is 4.74 Å². The predicted molar refractivity (Wildman–Crippen MR) is 113 cm³/mol. The Bertz CT molecular complexity index is 1040. The maximum Gasteiger partial charge on any atom is 0.231 e. The molecule has 2 heterocycles. The van der Waals surface area contributed by atoms with Gasteiger partial charge >= 0.3 is 0 Å². The fourth-order valence-corrected chi connectivity index (χ4v) is 4.27. The first-order chi connectivity index (χ1) is 14.2. The van der Waals surface area contributed by atoms with E-state index in [4.69, 9.17) is 9.84 Å². The van der Waals surface area contributed by atoms with E-state index >= 15 is 0 Å². The molecule has 0 saturated heterocycles. The van der Waals surface area contributed by atoms with Gasteiger partial charge in [0.1, 0.15) is 17.3 Å². The number of aromatic nitrogens is 2. The lowest BCUT2D eigenvalue weighted by Gasteiger charge is -2.34. The van der Waals surface area contributed by atoms with Gasteiger partial charge in [-0.2, -0.15) is 5.10 Å². The van der Waals surface area contributed by atoms with Crippen LogP contribution in [0.15, 0.2) is 54.6 Å². The quantitative estimate of drug-likeness (QED) is 0.619. The summed E-state index contributed by atoms with van der Waals surface area (Å²) in [6.45, 7) is 3.62. The van der Waals surface area contributed by atoms with Crippen LogP contribution in [0.4, 0.5) is 5.82 Å². The first-order valence-corrected chi connectivity index (χ1v) is 10.4. The second-order valence-electron chi connectivity index (χ2n) is 7.89. The predicted octanol–water partition coefficient (Wildman–Crippen LogP) is 5.19. The van der Waals surface area contributed by atoms with Crippen LogP contribution < -0.4 is 9.64 Å². The molecule has 29 heavy (non-hydrogen) atoms. The van der Waals surface area contributed by atoms with Gasteiger partial charge in [-0.3, -0.25) is 9.69 Å². The van der Waals surface area contributed by atoms with Crippen LogP contribution in [0.3, 0.4) is 0 Å². The Morgan fingerprint density at radius 2 is 1.76 bits per heavy atom. The Morgan fingerprint density at radius 1 is 1.00 bits per heavy atom. The summed E-state index contributed by atoms with van der Waals surface area (Å²) < 4.78 is 8.22. The minimum atomic E-state index is 0.167. The van der Waals surface area contributed by atoms with Crippen LogP contribution in [0.5, 0.6) is 11.5 Å². The largest absolute Gasteiger partial charge is 0.457 e. The third-order valence-corrected chi connectivity index (χ3v) is 5.96. The van der Waals surface area contributed by atoms with Gasteiger partial charge in [0.15, 0.2) is 0 Å². The van der Waals surface area contributed by atoms with Crippen molar-refractivity contribution in [1.29, 1.82) is 0 Å². The Morgan fingerprint density at radius 3 is 2.52 bits per heavy atom. The van der Waals surface area contributed by atoms with Gasteiger partial charge in [-0.25, -0.2) is 4.68 Å². The van der Waals surface area contributed by atoms with Gasteiger partial charge in [-0.1, -0.05) is 42.8 Å². The van der Waals surface area contributed by atoms with E-state index in [2.05, 4.69) is 6.07 Å². The van der Waals surface area contributed by atoms with E-state index in [0.29, 0.717) is 0 Å². The van der Waals surface area contributed by atoms with E-state index in [0.717, 1.165) is 72.9 Å². The zero-order chi connectivity index (χ0) is 19.8. The number of aryl methyl sites for hydroxylation is 2. The van der Waals surface area contributed by atoms with Crippen LogP contribution in [0, 0.1) is 12.8 Å². The standard InChI is InChI=1S/C24H25N3O2/c1-17-22(20-13-5-6-14-21(20)29-19-11-3-2-4-12-19)23-26(15-8-16-27(23)25-17)24(28)18-9-7-10-18/h2-6,11-14,18H,7-10,15-16H2,1H3. The van der Waals surface area contributed by atoms with Crippen LogP contribution in [0.25, 0.3) is 11.1 Å². The second kappa shape index (κ2) is 7.39. The van der Waals surface area contributed by atoms with E-state index in [1.165, 1.54) is 0 Å². The van der Waals surface area contributed by atoms with E-state index < -0.39 is 0 Å². The molecule has 1 saturated carbocycles. The molecule has 5 heteroatoms. The van der Waals surface area contributed by atoms with E-state index in [-0.39, 0.29) is 11.8 Å². The normalized spacial score (nSPS) is 16.2. The average Bonchev–Trinajstić information content (AvgIpc) is 3.03. The molecule has 0 unspecified atom stereocenters. The molecule has 2 aromatic carbocycles. The molecular weight excluding hydrogens is 362 g/mol. The topological polar surface area (TPSA) is 47.4 Å². The highest BCUT2D eigenvalue weighted by molar-refractivity contribution is 5.99. The number of rotatable bonds is 4. The van der Waals surface area contributed by atoms with Gasteiger partial charge in [-0.15, -0.1) is 0 Å². The highest BCUT2D eigenvalue weighted by atomic mass is 16.5. The lowest BCUT2D eigenvalue weighted by molar-refractivity contribution is -0.124. The molecule has 1 aromatic heterocycles. The summed E-state index contributed by atoms with van der Waals surface area (Å²) in [5, 5.41) is 4.78. The minimum absolute atomic E-state index is 0.167. The molecule has 3 aromatic rings. The average molecular weight is 387 g/mol. The summed E-state index contributed by atoms with van der Waals surface area (Å²) in [6, 6.07) is 17.8. The van der Waals surface area contributed by atoms with Crippen molar-refractivity contribution in [1.82, 2.24) is 9.78 Å². The maximum atomic E-state index is 13.2. The summed E-state index contributed by atoms with van der Waals surface area (Å²) in [5.41, 5.74) is 2.91. The number of anilines is 1. The Balaban J connectivity index is 1.59. The molecule has 1 fully saturated rings. The number of benzene rings is 2. The van der Waals surface area contributed by atoms with Crippen molar-refractivity contribution in [3.8, 4) is 22.6 Å². The number of hydrogen-bond donors (Lipinski definition) is 0. The monoisotopic (exact) mass is 387 g/mol. The van der Waals surface area contributed by atoms with Gasteiger partial charge in [-0.05, 0) is 44.4 Å². The van der Waals surface area contributed by atoms with Crippen molar-refractivity contribution in [2.24, 2.45) is 5.92 Å². The first kappa shape index (κ1) is 18.0. The molecule has 5 rings (SSSR count). The summed E-state index contributed by atoms with van der Waals surface area (Å²) >= 11 is 0. The fraction of sp³-hybridized carbons (Fsp3) is 0.333. The van der Waals surface area contributed by atoms with Crippen LogP contribution in [0.2, 0.25) is 0 Å². The van der Waals surface area contributed by atoms with Crippen LogP contribution in [0.1, 0.15) is 31.4 Å². The summed E-state index contributed by atoms with van der Waals surface area (Å²) in [4.78, 5) is 15.1. The maximum absolute atomic E-state index is 13.2. The number of para-hydroxylation sites is 2. The van der Waals surface area contributed by atoms with Gasteiger partial charge in [0.25, 0.3) is 0 Å². The number of ether oxygens (including phenoxy) is 1.